The van der Waals surface area contributed by atoms with Crippen molar-refractivity contribution in [3.8, 4) is 0 Å². The Labute approximate surface area is 244 Å². The van der Waals surface area contributed by atoms with Crippen LogP contribution in [0.4, 0.5) is 17.1 Å². The summed E-state index contributed by atoms with van der Waals surface area (Å²) in [4.78, 5) is 54.6. The van der Waals surface area contributed by atoms with Gasteiger partial charge in [0, 0.05) is 59.4 Å². The lowest BCUT2D eigenvalue weighted by atomic mass is 10.3. The first-order valence-electron chi connectivity index (χ1n) is 12.6. The van der Waals surface area contributed by atoms with Crippen molar-refractivity contribution in [3.05, 3.63) is 64.9 Å². The van der Waals surface area contributed by atoms with Gasteiger partial charge in [-0.25, -0.2) is 0 Å². The van der Waals surface area contributed by atoms with Crippen LogP contribution in [0.1, 0.15) is 31.5 Å². The van der Waals surface area contributed by atoms with Gasteiger partial charge in [-0.3, -0.25) is 24.2 Å². The highest BCUT2D eigenvalue weighted by Crippen LogP contribution is 2.20. The van der Waals surface area contributed by atoms with Crippen LogP contribution in [0, 0.1) is 0 Å². The molecule has 216 valence electrons. The smallest absolute Gasteiger partial charge is 0.272 e. The molecule has 0 spiro atoms. The van der Waals surface area contributed by atoms with Gasteiger partial charge in [0.15, 0.2) is 5.96 Å². The predicted octanol–water partition coefficient (Wildman–Crippen LogP) is 1.33. The maximum Gasteiger partial charge on any atom is 0.272 e. The van der Waals surface area contributed by atoms with Crippen molar-refractivity contribution in [3.63, 3.8) is 0 Å². The third kappa shape index (κ3) is 7.25. The van der Waals surface area contributed by atoms with Crippen LogP contribution < -0.4 is 31.9 Å². The first-order chi connectivity index (χ1) is 19.5. The first-order valence-corrected chi connectivity index (χ1v) is 13.4. The number of hydrogen-bond donors (Lipinski definition) is 6. The molecule has 3 aromatic rings. The van der Waals surface area contributed by atoms with E-state index in [0.29, 0.717) is 47.2 Å². The van der Waals surface area contributed by atoms with Crippen LogP contribution >= 0.6 is 15.9 Å². The molecule has 0 atom stereocenters. The van der Waals surface area contributed by atoms with Gasteiger partial charge in [0.2, 0.25) is 0 Å². The molecule has 14 nitrogen and oxygen atoms in total. The number of halogens is 1. The van der Waals surface area contributed by atoms with Gasteiger partial charge in [-0.15, -0.1) is 0 Å². The summed E-state index contributed by atoms with van der Waals surface area (Å²) < 4.78 is 4.94. The normalized spacial score (nSPS) is 12.2. The van der Waals surface area contributed by atoms with Crippen LogP contribution in [0.3, 0.4) is 0 Å². The number of aromatic nitrogens is 3. The Bertz CT molecular complexity index is 1550. The number of aliphatic imine (C=N–C) groups is 1. The Kier molecular flexibility index (Phi) is 8.97. The molecular formula is C26H31BrN10O4. The maximum absolute atomic E-state index is 13.0. The summed E-state index contributed by atoms with van der Waals surface area (Å²) in [7, 11) is 5.07. The third-order valence-corrected chi connectivity index (χ3v) is 6.47. The van der Waals surface area contributed by atoms with Crippen molar-refractivity contribution in [2.24, 2.45) is 26.1 Å². The summed E-state index contributed by atoms with van der Waals surface area (Å²) in [5, 5.41) is 17.2. The average Bonchev–Trinajstić information content (AvgIpc) is 3.70. The van der Waals surface area contributed by atoms with Crippen molar-refractivity contribution in [1.29, 1.82) is 0 Å². The summed E-state index contributed by atoms with van der Waals surface area (Å²) in [5.41, 5.74) is 2.26. The molecule has 0 saturated heterocycles. The van der Waals surface area contributed by atoms with E-state index >= 15 is 0 Å². The van der Waals surface area contributed by atoms with Gasteiger partial charge < -0.3 is 45.6 Å². The largest absolute Gasteiger partial charge is 0.355 e. The molecule has 4 rings (SSSR count). The number of guanidine groups is 1. The van der Waals surface area contributed by atoms with E-state index in [2.05, 4.69) is 59.4 Å². The van der Waals surface area contributed by atoms with Crippen LogP contribution in [0.25, 0.3) is 0 Å². The van der Waals surface area contributed by atoms with Crippen molar-refractivity contribution >= 4 is 62.6 Å². The van der Waals surface area contributed by atoms with Gasteiger partial charge in [0.05, 0.1) is 28.1 Å². The molecule has 0 aromatic carbocycles. The second-order valence-electron chi connectivity index (χ2n) is 9.28. The Morgan fingerprint density at radius 3 is 1.78 bits per heavy atom. The topological polar surface area (TPSA) is 168 Å². The zero-order valence-electron chi connectivity index (χ0n) is 22.8. The summed E-state index contributed by atoms with van der Waals surface area (Å²) in [5.74, 6) is -0.820. The molecule has 0 aliphatic carbocycles. The van der Waals surface area contributed by atoms with E-state index in [9.17, 15) is 19.2 Å². The molecular weight excluding hydrogens is 596 g/mol. The molecule has 0 radical (unpaired) electrons. The summed E-state index contributed by atoms with van der Waals surface area (Å²) in [6.07, 6.45) is 4.85. The molecule has 6 N–H and O–H groups in total. The van der Waals surface area contributed by atoms with E-state index < -0.39 is 17.7 Å². The number of rotatable bonds is 10. The Morgan fingerprint density at radius 2 is 1.32 bits per heavy atom. The van der Waals surface area contributed by atoms with Crippen LogP contribution in [0.5, 0.6) is 0 Å². The zero-order chi connectivity index (χ0) is 29.7. The fraction of sp³-hybridized carbons (Fsp3) is 0.269. The van der Waals surface area contributed by atoms with Crippen molar-refractivity contribution in [1.82, 2.24) is 29.7 Å². The molecule has 3 aromatic heterocycles. The molecule has 0 fully saturated rings. The van der Waals surface area contributed by atoms with E-state index in [1.165, 1.54) is 6.07 Å². The number of nitrogens with zero attached hydrogens (tertiary/aromatic N) is 4. The van der Waals surface area contributed by atoms with E-state index in [4.69, 9.17) is 0 Å². The molecule has 41 heavy (non-hydrogen) atoms. The maximum atomic E-state index is 13.0. The quantitative estimate of drug-likeness (QED) is 0.147. The van der Waals surface area contributed by atoms with E-state index in [1.54, 1.807) is 65.6 Å². The second-order valence-corrected chi connectivity index (χ2v) is 10.2. The number of carbonyl (C=O) groups is 4. The average molecular weight is 628 g/mol. The fourth-order valence-electron chi connectivity index (χ4n) is 4.13. The van der Waals surface area contributed by atoms with Crippen LogP contribution in [0.15, 0.2) is 52.8 Å². The lowest BCUT2D eigenvalue weighted by Crippen LogP contribution is -2.39. The van der Waals surface area contributed by atoms with Gasteiger partial charge in [0.25, 0.3) is 23.6 Å². The minimum absolute atomic E-state index is 0.161. The molecule has 4 amide bonds. The lowest BCUT2D eigenvalue weighted by Gasteiger charge is -2.08. The fourth-order valence-corrected chi connectivity index (χ4v) is 4.23. The van der Waals surface area contributed by atoms with Gasteiger partial charge in [0.1, 0.15) is 17.1 Å². The molecule has 1 aliphatic heterocycles. The number of hydrogen-bond acceptors (Lipinski definition) is 7. The van der Waals surface area contributed by atoms with Gasteiger partial charge in [-0.05, 0) is 34.1 Å². The standard InChI is InChI=1S/C26H31BrN10O4/c1-15(27)22(38)32-16-10-20(36(3)12-16)24(40)34-18-11-21(37(4)14-18)25(41)33-17-9-19(35(2)13-17)23(39)28-5-6-29-26-30-7-8-31-26/h9-14H,1,5-8H2,2-4H3,(H,28,39)(H,32,38)(H,33,41)(H,34,40)(H2,29,30,31). The Morgan fingerprint density at radius 1 is 0.829 bits per heavy atom. The number of anilines is 3. The molecule has 4 heterocycles. The van der Waals surface area contributed by atoms with Gasteiger partial charge in [-0.1, -0.05) is 6.58 Å². The number of nitrogens with one attached hydrogen (secondary N) is 6. The van der Waals surface area contributed by atoms with Crippen LogP contribution in [-0.2, 0) is 25.9 Å². The molecule has 15 heteroatoms. The molecule has 1 aliphatic rings. The van der Waals surface area contributed by atoms with Crippen molar-refractivity contribution in [2.45, 2.75) is 0 Å². The summed E-state index contributed by atoms with van der Waals surface area (Å²) >= 11 is 3.02. The van der Waals surface area contributed by atoms with Crippen LogP contribution in [0.2, 0.25) is 0 Å². The number of aryl methyl sites for hydroxylation is 3. The molecule has 0 saturated carbocycles. The van der Waals surface area contributed by atoms with Gasteiger partial charge in [-0.2, -0.15) is 0 Å². The Hall–Kier alpha value is -4.79. The summed E-state index contributed by atoms with van der Waals surface area (Å²) in [6.45, 7) is 5.97. The first kappa shape index (κ1) is 29.2. The number of carbonyl (C=O) groups excluding carboxylic acids is 4. The second kappa shape index (κ2) is 12.6. The lowest BCUT2D eigenvalue weighted by molar-refractivity contribution is -0.112. The number of amides is 4. The van der Waals surface area contributed by atoms with Crippen LogP contribution in [-0.4, -0.2) is 69.5 Å². The Balaban J connectivity index is 1.34. The van der Waals surface area contributed by atoms with E-state index in [1.807, 2.05) is 0 Å². The summed E-state index contributed by atoms with van der Waals surface area (Å²) in [6, 6.07) is 4.66. The monoisotopic (exact) mass is 626 g/mol. The van der Waals surface area contributed by atoms with Crippen molar-refractivity contribution in [2.75, 3.05) is 42.1 Å². The minimum Gasteiger partial charge on any atom is -0.355 e. The minimum atomic E-state index is -0.426. The SMILES string of the molecule is C=C(Br)C(=O)Nc1cc(C(=O)Nc2cc(C(=O)Nc3cc(C(=O)NCCNC4=NCCN4)n(C)c3)n(C)c2)n(C)c1. The van der Waals surface area contributed by atoms with E-state index in [-0.39, 0.29) is 10.4 Å². The highest BCUT2D eigenvalue weighted by Gasteiger charge is 2.19. The predicted molar refractivity (Wildman–Crippen MR) is 159 cm³/mol. The van der Waals surface area contributed by atoms with Gasteiger partial charge >= 0.3 is 0 Å². The third-order valence-electron chi connectivity index (χ3n) is 6.11. The highest BCUT2D eigenvalue weighted by molar-refractivity contribution is 9.12. The van der Waals surface area contributed by atoms with Crippen molar-refractivity contribution < 1.29 is 19.2 Å². The zero-order valence-corrected chi connectivity index (χ0v) is 24.4. The van der Waals surface area contributed by atoms with E-state index in [0.717, 1.165) is 19.0 Å². The highest BCUT2D eigenvalue weighted by atomic mass is 79.9. The molecule has 0 bridgehead atoms. The molecule has 0 unspecified atom stereocenters.